The smallest absolute Gasteiger partial charge is 0.407 e. The molecule has 3 N–H and O–H groups in total. The molecule has 1 aromatic heterocycles. The van der Waals surface area contributed by atoms with E-state index in [-0.39, 0.29) is 31.4 Å². The number of nitrogens with zero attached hydrogens (tertiary/aromatic N) is 2. The number of amides is 4. The van der Waals surface area contributed by atoms with Gasteiger partial charge in [0.25, 0.3) is 5.91 Å². The van der Waals surface area contributed by atoms with Crippen molar-refractivity contribution in [3.8, 4) is 11.5 Å². The van der Waals surface area contributed by atoms with Gasteiger partial charge in [-0.05, 0) is 94.7 Å². The first-order valence-corrected chi connectivity index (χ1v) is 22.4. The lowest BCUT2D eigenvalue weighted by molar-refractivity contribution is -0.144. The van der Waals surface area contributed by atoms with E-state index < -0.39 is 67.7 Å². The summed E-state index contributed by atoms with van der Waals surface area (Å²) in [7, 11) is -2.39. The number of nitrogens with one attached hydrogen (secondary N) is 3. The summed E-state index contributed by atoms with van der Waals surface area (Å²) in [5, 5.41) is 6.76. The summed E-state index contributed by atoms with van der Waals surface area (Å²) in [6.45, 7) is 9.64. The molecule has 0 radical (unpaired) electrons. The first kappa shape index (κ1) is 41.7. The number of benzene rings is 1. The van der Waals surface area contributed by atoms with Gasteiger partial charge in [-0.15, -0.1) is 0 Å². The molecule has 4 heterocycles. The Morgan fingerprint density at radius 1 is 1.09 bits per heavy atom. The second-order valence-electron chi connectivity index (χ2n) is 18.5. The van der Waals surface area contributed by atoms with Crippen LogP contribution in [0.3, 0.4) is 0 Å². The standard InChI is InChI=1S/C43H59N5O9S/c1-7-31-35-29(30-23-28(55-6)15-16-32(30)44-31)18-19-42(57-35)24-34-36(49)46-43(38(51)47-58(53,54)41(5)21-22-41)20-17-27(43)13-11-9-8-10-12-14-33(37(50)48(34)25-42)45-39(52)56-26-40(2,3)4/h11,13,15-16,23,27,33-34H,7-10,12,14,17-22,24-26H2,1-6H3,(H,45,52)(H,46,49)(H,47,51). The average molecular weight is 822 g/mol. The van der Waals surface area contributed by atoms with Crippen molar-refractivity contribution in [3.05, 3.63) is 41.6 Å². The second-order valence-corrected chi connectivity index (χ2v) is 20.7. The van der Waals surface area contributed by atoms with Crippen molar-refractivity contribution in [2.45, 2.75) is 146 Å². The number of ether oxygens (including phenoxy) is 3. The maximum absolute atomic E-state index is 14.9. The third kappa shape index (κ3) is 8.11. The van der Waals surface area contributed by atoms with Gasteiger partial charge in [-0.25, -0.2) is 18.2 Å². The molecule has 0 bridgehead atoms. The third-order valence-corrected chi connectivity index (χ3v) is 15.0. The van der Waals surface area contributed by atoms with E-state index >= 15 is 0 Å². The maximum Gasteiger partial charge on any atom is 0.407 e. The van der Waals surface area contributed by atoms with Gasteiger partial charge in [0.15, 0.2) is 0 Å². The number of sulfonamides is 1. The number of hydrogen-bond acceptors (Lipinski definition) is 10. The zero-order valence-electron chi connectivity index (χ0n) is 34.7. The molecule has 316 valence electrons. The van der Waals surface area contributed by atoms with Gasteiger partial charge in [0.2, 0.25) is 21.8 Å². The number of aryl methyl sites for hydroxylation is 2. The fourth-order valence-electron chi connectivity index (χ4n) is 8.78. The van der Waals surface area contributed by atoms with E-state index in [0.717, 1.165) is 35.0 Å². The van der Waals surface area contributed by atoms with Gasteiger partial charge in [0.05, 0.1) is 36.2 Å². The first-order valence-electron chi connectivity index (χ1n) is 20.9. The van der Waals surface area contributed by atoms with Crippen molar-refractivity contribution < 1.29 is 41.8 Å². The highest BCUT2D eigenvalue weighted by molar-refractivity contribution is 7.91. The van der Waals surface area contributed by atoms with Gasteiger partial charge >= 0.3 is 6.09 Å². The average Bonchev–Trinajstić information content (AvgIpc) is 3.84. The Morgan fingerprint density at radius 2 is 1.86 bits per heavy atom. The number of carbonyl (C=O) groups excluding carboxylic acids is 4. The molecule has 3 aliphatic heterocycles. The van der Waals surface area contributed by atoms with Gasteiger partial charge in [0.1, 0.15) is 34.7 Å². The summed E-state index contributed by atoms with van der Waals surface area (Å²) in [4.78, 5) is 63.6. The predicted octanol–water partition coefficient (Wildman–Crippen LogP) is 5.40. The number of fused-ring (bicyclic) bond motifs is 5. The Labute approximate surface area is 341 Å². The minimum absolute atomic E-state index is 0.0488. The largest absolute Gasteiger partial charge is 0.497 e. The molecule has 3 fully saturated rings. The molecular formula is C43H59N5O9S. The summed E-state index contributed by atoms with van der Waals surface area (Å²) in [6, 6.07) is 3.67. The number of pyridine rings is 1. The molecular weight excluding hydrogens is 763 g/mol. The molecule has 1 spiro atoms. The van der Waals surface area contributed by atoms with Crippen molar-refractivity contribution >= 4 is 44.7 Å². The molecule has 1 saturated heterocycles. The number of carbonyl (C=O) groups is 4. The van der Waals surface area contributed by atoms with Crippen LogP contribution < -0.4 is 24.8 Å². The van der Waals surface area contributed by atoms with E-state index in [1.54, 1.807) is 14.0 Å². The molecule has 7 rings (SSSR count). The SMILES string of the molecule is CCc1nc2ccc(OC)cc2c2c1OC1(CC2)CC2C(=O)NC3(C(=O)NS(=O)(=O)C4(C)CC4)CCC3C=CCCCCCC(NC(=O)OCC(C)(C)C)C(=O)N2C1. The van der Waals surface area contributed by atoms with Crippen LogP contribution in [0.15, 0.2) is 30.4 Å². The zero-order chi connectivity index (χ0) is 41.7. The van der Waals surface area contributed by atoms with Gasteiger partial charge < -0.3 is 29.7 Å². The summed E-state index contributed by atoms with van der Waals surface area (Å²) in [5.74, 6) is -0.924. The number of hydrogen-bond donors (Lipinski definition) is 3. The Balaban J connectivity index is 1.25. The molecule has 4 amide bonds. The quantitative estimate of drug-likeness (QED) is 0.306. The van der Waals surface area contributed by atoms with Crippen LogP contribution in [0, 0.1) is 11.3 Å². The van der Waals surface area contributed by atoms with Crippen LogP contribution in [0.5, 0.6) is 11.5 Å². The van der Waals surface area contributed by atoms with Crippen LogP contribution in [-0.4, -0.2) is 90.3 Å². The third-order valence-electron chi connectivity index (χ3n) is 12.8. The van der Waals surface area contributed by atoms with Gasteiger partial charge in [-0.2, -0.15) is 0 Å². The molecule has 14 nitrogen and oxygen atoms in total. The van der Waals surface area contributed by atoms with E-state index in [1.165, 1.54) is 4.90 Å². The van der Waals surface area contributed by atoms with Crippen LogP contribution in [-0.2, 0) is 42.0 Å². The van der Waals surface area contributed by atoms with Gasteiger partial charge in [-0.3, -0.25) is 19.1 Å². The zero-order valence-corrected chi connectivity index (χ0v) is 35.5. The lowest BCUT2D eigenvalue weighted by Gasteiger charge is -2.48. The van der Waals surface area contributed by atoms with E-state index in [2.05, 4.69) is 15.4 Å². The molecule has 2 aromatic rings. The number of alkyl carbamates (subject to hydrolysis) is 1. The first-order chi connectivity index (χ1) is 27.4. The summed E-state index contributed by atoms with van der Waals surface area (Å²) in [6.07, 6.45) is 9.89. The molecule has 2 saturated carbocycles. The Bertz CT molecular complexity index is 2110. The summed E-state index contributed by atoms with van der Waals surface area (Å²) >= 11 is 0. The second kappa shape index (κ2) is 15.6. The van der Waals surface area contributed by atoms with Crippen molar-refractivity contribution in [2.75, 3.05) is 20.3 Å². The summed E-state index contributed by atoms with van der Waals surface area (Å²) in [5.41, 5.74) is -0.263. The van der Waals surface area contributed by atoms with Crippen molar-refractivity contribution in [3.63, 3.8) is 0 Å². The molecule has 58 heavy (non-hydrogen) atoms. The summed E-state index contributed by atoms with van der Waals surface area (Å²) < 4.78 is 46.1. The van der Waals surface area contributed by atoms with Crippen LogP contribution in [0.1, 0.15) is 117 Å². The number of methoxy groups -OCH3 is 1. The molecule has 5 atom stereocenters. The van der Waals surface area contributed by atoms with Gasteiger partial charge in [-0.1, -0.05) is 52.7 Å². The fourth-order valence-corrected chi connectivity index (χ4v) is 10.1. The predicted molar refractivity (Wildman–Crippen MR) is 218 cm³/mol. The minimum Gasteiger partial charge on any atom is -0.497 e. The van der Waals surface area contributed by atoms with Crippen LogP contribution >= 0.6 is 0 Å². The lowest BCUT2D eigenvalue weighted by Crippen LogP contribution is -2.70. The topological polar surface area (TPSA) is 182 Å². The molecule has 1 aromatic carbocycles. The molecule has 5 aliphatic rings. The normalized spacial score (nSPS) is 28.4. The van der Waals surface area contributed by atoms with Crippen LogP contribution in [0.25, 0.3) is 10.9 Å². The lowest BCUT2D eigenvalue weighted by atomic mass is 9.65. The maximum atomic E-state index is 14.9. The van der Waals surface area contributed by atoms with Gasteiger partial charge in [0, 0.05) is 23.3 Å². The Hall–Kier alpha value is -4.40. The van der Waals surface area contributed by atoms with E-state index in [4.69, 9.17) is 19.2 Å². The molecule has 15 heteroatoms. The minimum atomic E-state index is -4.01. The van der Waals surface area contributed by atoms with Crippen LogP contribution in [0.2, 0.25) is 0 Å². The highest BCUT2D eigenvalue weighted by atomic mass is 32.2. The molecule has 2 aliphatic carbocycles. The van der Waals surface area contributed by atoms with E-state index in [0.29, 0.717) is 69.3 Å². The van der Waals surface area contributed by atoms with E-state index in [9.17, 15) is 27.6 Å². The highest BCUT2D eigenvalue weighted by Gasteiger charge is 2.59. The van der Waals surface area contributed by atoms with Crippen molar-refractivity contribution in [1.29, 1.82) is 0 Å². The van der Waals surface area contributed by atoms with Crippen molar-refractivity contribution in [1.82, 2.24) is 25.2 Å². The Kier molecular flexibility index (Phi) is 11.3. The number of aromatic nitrogens is 1. The van der Waals surface area contributed by atoms with Crippen molar-refractivity contribution in [2.24, 2.45) is 11.3 Å². The van der Waals surface area contributed by atoms with E-state index in [1.807, 2.05) is 58.0 Å². The Morgan fingerprint density at radius 3 is 2.53 bits per heavy atom. The molecule has 5 unspecified atom stereocenters. The number of rotatable bonds is 7. The highest BCUT2D eigenvalue weighted by Crippen LogP contribution is 2.47. The monoisotopic (exact) mass is 821 g/mol. The number of allylic oxidation sites excluding steroid dienone is 1. The van der Waals surface area contributed by atoms with Crippen LogP contribution in [0.4, 0.5) is 4.79 Å². The fraction of sp³-hybridized carbons (Fsp3) is 0.651.